The largest absolute Gasteiger partial charge is 0.377 e. The van der Waals surface area contributed by atoms with Crippen LogP contribution < -0.4 is 0 Å². The van der Waals surface area contributed by atoms with Crippen molar-refractivity contribution in [2.45, 2.75) is 45.1 Å². The summed E-state index contributed by atoms with van der Waals surface area (Å²) in [6.07, 6.45) is 10.0. The predicted molar refractivity (Wildman–Crippen MR) is 55.2 cm³/mol. The van der Waals surface area contributed by atoms with Gasteiger partial charge in [0.1, 0.15) is 6.10 Å². The molecular weight excluding hydrogens is 160 g/mol. The van der Waals surface area contributed by atoms with E-state index < -0.39 is 6.10 Å². The molecule has 1 aliphatic carbocycles. The van der Waals surface area contributed by atoms with Crippen LogP contribution in [0, 0.1) is 17.8 Å². The second-order valence-corrected chi connectivity index (χ2v) is 3.62. The molecule has 1 saturated carbocycles. The van der Waals surface area contributed by atoms with E-state index >= 15 is 0 Å². The third-order valence-electron chi connectivity index (χ3n) is 2.51. The Morgan fingerprint density at radius 1 is 1.31 bits per heavy atom. The SMILES string of the molecule is CC#CC(O)/C=C/C1CCCCC1. The van der Waals surface area contributed by atoms with Crippen LogP contribution in [0.25, 0.3) is 0 Å². The summed E-state index contributed by atoms with van der Waals surface area (Å²) in [5.41, 5.74) is 0. The van der Waals surface area contributed by atoms with Gasteiger partial charge in [-0.25, -0.2) is 0 Å². The molecule has 0 amide bonds. The molecule has 0 aromatic carbocycles. The van der Waals surface area contributed by atoms with Gasteiger partial charge in [0.2, 0.25) is 0 Å². The number of aliphatic hydroxyl groups excluding tert-OH is 1. The summed E-state index contributed by atoms with van der Waals surface area (Å²) in [5, 5.41) is 9.32. The van der Waals surface area contributed by atoms with Crippen LogP contribution in [-0.2, 0) is 0 Å². The maximum atomic E-state index is 9.32. The Kier molecular flexibility index (Phi) is 4.64. The van der Waals surface area contributed by atoms with Gasteiger partial charge in [-0.2, -0.15) is 0 Å². The third kappa shape index (κ3) is 4.15. The van der Waals surface area contributed by atoms with Crippen molar-refractivity contribution in [3.8, 4) is 11.8 Å². The second-order valence-electron chi connectivity index (χ2n) is 3.62. The molecule has 0 heterocycles. The highest BCUT2D eigenvalue weighted by atomic mass is 16.3. The summed E-state index contributed by atoms with van der Waals surface area (Å²) in [6.45, 7) is 1.75. The molecule has 72 valence electrons. The summed E-state index contributed by atoms with van der Waals surface area (Å²) < 4.78 is 0. The molecule has 0 bridgehead atoms. The lowest BCUT2D eigenvalue weighted by molar-refractivity contribution is 0.279. The van der Waals surface area contributed by atoms with Crippen LogP contribution in [0.2, 0.25) is 0 Å². The summed E-state index contributed by atoms with van der Waals surface area (Å²) in [4.78, 5) is 0. The molecule has 13 heavy (non-hydrogen) atoms. The molecule has 0 aromatic heterocycles. The summed E-state index contributed by atoms with van der Waals surface area (Å²) in [6, 6.07) is 0. The fourth-order valence-electron chi connectivity index (χ4n) is 1.78. The molecule has 1 aliphatic rings. The Morgan fingerprint density at radius 2 is 2.00 bits per heavy atom. The van der Waals surface area contributed by atoms with Crippen molar-refractivity contribution in [2.75, 3.05) is 0 Å². The third-order valence-corrected chi connectivity index (χ3v) is 2.51. The van der Waals surface area contributed by atoms with Crippen molar-refractivity contribution in [3.05, 3.63) is 12.2 Å². The molecule has 1 nitrogen and oxygen atoms in total. The molecule has 1 atom stereocenters. The molecule has 0 spiro atoms. The standard InChI is InChI=1S/C12H18O/c1-2-6-12(13)10-9-11-7-4-3-5-8-11/h9-13H,3-5,7-8H2,1H3/b10-9+. The van der Waals surface area contributed by atoms with Crippen molar-refractivity contribution >= 4 is 0 Å². The van der Waals surface area contributed by atoms with E-state index in [-0.39, 0.29) is 0 Å². The van der Waals surface area contributed by atoms with Crippen molar-refractivity contribution < 1.29 is 5.11 Å². The smallest absolute Gasteiger partial charge is 0.133 e. The van der Waals surface area contributed by atoms with E-state index in [9.17, 15) is 5.11 Å². The maximum Gasteiger partial charge on any atom is 0.133 e. The molecule has 1 unspecified atom stereocenters. The molecular formula is C12H18O. The maximum absolute atomic E-state index is 9.32. The average Bonchev–Trinajstić information content (AvgIpc) is 2.17. The summed E-state index contributed by atoms with van der Waals surface area (Å²) in [5.74, 6) is 6.09. The summed E-state index contributed by atoms with van der Waals surface area (Å²) >= 11 is 0. The first-order valence-corrected chi connectivity index (χ1v) is 5.11. The zero-order chi connectivity index (χ0) is 9.52. The van der Waals surface area contributed by atoms with Gasteiger partial charge in [0.25, 0.3) is 0 Å². The van der Waals surface area contributed by atoms with E-state index in [0.717, 1.165) is 0 Å². The first-order valence-electron chi connectivity index (χ1n) is 5.11. The number of rotatable bonds is 2. The zero-order valence-corrected chi connectivity index (χ0v) is 8.29. The van der Waals surface area contributed by atoms with Crippen molar-refractivity contribution in [3.63, 3.8) is 0 Å². The Bertz CT molecular complexity index is 213. The highest BCUT2D eigenvalue weighted by Gasteiger charge is 2.09. The minimum Gasteiger partial charge on any atom is -0.377 e. The molecule has 0 saturated heterocycles. The van der Waals surface area contributed by atoms with E-state index in [4.69, 9.17) is 0 Å². The number of aliphatic hydroxyl groups is 1. The molecule has 1 rings (SSSR count). The highest BCUT2D eigenvalue weighted by Crippen LogP contribution is 2.24. The van der Waals surface area contributed by atoms with Crippen LogP contribution in [-0.4, -0.2) is 11.2 Å². The predicted octanol–water partition coefficient (Wildman–Crippen LogP) is 2.51. The lowest BCUT2D eigenvalue weighted by Crippen LogP contribution is -2.05. The normalized spacial score (nSPS) is 21.1. The van der Waals surface area contributed by atoms with Crippen LogP contribution in [0.4, 0.5) is 0 Å². The van der Waals surface area contributed by atoms with Gasteiger partial charge >= 0.3 is 0 Å². The van der Waals surface area contributed by atoms with E-state index in [0.29, 0.717) is 5.92 Å². The van der Waals surface area contributed by atoms with Crippen LogP contribution >= 0.6 is 0 Å². The minimum absolute atomic E-state index is 0.563. The lowest BCUT2D eigenvalue weighted by Gasteiger charge is -2.17. The Labute approximate surface area is 80.9 Å². The molecule has 1 fully saturated rings. The number of allylic oxidation sites excluding steroid dienone is 1. The Morgan fingerprint density at radius 3 is 2.62 bits per heavy atom. The lowest BCUT2D eigenvalue weighted by atomic mass is 9.89. The topological polar surface area (TPSA) is 20.2 Å². The van der Waals surface area contributed by atoms with E-state index in [1.807, 2.05) is 6.08 Å². The van der Waals surface area contributed by atoms with Gasteiger partial charge < -0.3 is 5.11 Å². The highest BCUT2D eigenvalue weighted by molar-refractivity contribution is 5.11. The van der Waals surface area contributed by atoms with Crippen molar-refractivity contribution in [1.82, 2.24) is 0 Å². The molecule has 0 aromatic rings. The Balaban J connectivity index is 2.31. The monoisotopic (exact) mass is 178 g/mol. The second kappa shape index (κ2) is 5.83. The fraction of sp³-hybridized carbons (Fsp3) is 0.667. The fourth-order valence-corrected chi connectivity index (χ4v) is 1.78. The van der Waals surface area contributed by atoms with Crippen LogP contribution in [0.15, 0.2) is 12.2 Å². The van der Waals surface area contributed by atoms with E-state index in [1.54, 1.807) is 6.92 Å². The summed E-state index contributed by atoms with van der Waals surface area (Å²) in [7, 11) is 0. The first kappa shape index (κ1) is 10.3. The van der Waals surface area contributed by atoms with Gasteiger partial charge in [0.05, 0.1) is 0 Å². The van der Waals surface area contributed by atoms with Gasteiger partial charge in [-0.3, -0.25) is 0 Å². The van der Waals surface area contributed by atoms with Gasteiger partial charge in [-0.05, 0) is 31.8 Å². The number of hydrogen-bond donors (Lipinski definition) is 1. The quantitative estimate of drug-likeness (QED) is 0.509. The average molecular weight is 178 g/mol. The van der Waals surface area contributed by atoms with Crippen LogP contribution in [0.3, 0.4) is 0 Å². The Hall–Kier alpha value is -0.740. The van der Waals surface area contributed by atoms with E-state index in [1.165, 1.54) is 32.1 Å². The van der Waals surface area contributed by atoms with Gasteiger partial charge in [-0.15, -0.1) is 5.92 Å². The van der Waals surface area contributed by atoms with Crippen molar-refractivity contribution in [2.24, 2.45) is 5.92 Å². The molecule has 1 N–H and O–H groups in total. The zero-order valence-electron chi connectivity index (χ0n) is 8.29. The molecule has 0 radical (unpaired) electrons. The van der Waals surface area contributed by atoms with Crippen LogP contribution in [0.5, 0.6) is 0 Å². The minimum atomic E-state index is -0.563. The van der Waals surface area contributed by atoms with Gasteiger partial charge in [0, 0.05) is 0 Å². The van der Waals surface area contributed by atoms with Gasteiger partial charge in [0.15, 0.2) is 0 Å². The first-order chi connectivity index (χ1) is 6.33. The van der Waals surface area contributed by atoms with Gasteiger partial charge in [-0.1, -0.05) is 31.3 Å². The number of hydrogen-bond acceptors (Lipinski definition) is 1. The molecule has 1 heteroatoms. The van der Waals surface area contributed by atoms with Crippen LogP contribution in [0.1, 0.15) is 39.0 Å². The van der Waals surface area contributed by atoms with Crippen molar-refractivity contribution in [1.29, 1.82) is 0 Å². The molecule has 0 aliphatic heterocycles. The van der Waals surface area contributed by atoms with E-state index in [2.05, 4.69) is 17.9 Å².